The van der Waals surface area contributed by atoms with Gasteiger partial charge < -0.3 is 24.1 Å². The number of nitro benzene ring substituents is 1. The van der Waals surface area contributed by atoms with Crippen molar-refractivity contribution >= 4 is 17.2 Å². The first kappa shape index (κ1) is 29.3. The molecule has 0 bridgehead atoms. The highest BCUT2D eigenvalue weighted by Gasteiger charge is 2.37. The van der Waals surface area contributed by atoms with E-state index in [4.69, 9.17) is 18.7 Å². The lowest BCUT2D eigenvalue weighted by atomic mass is 9.80. The van der Waals surface area contributed by atoms with E-state index in [0.29, 0.717) is 58.5 Å². The molecule has 1 atom stereocenters. The lowest BCUT2D eigenvalue weighted by molar-refractivity contribution is -0.384. The van der Waals surface area contributed by atoms with E-state index in [1.54, 1.807) is 33.3 Å². The summed E-state index contributed by atoms with van der Waals surface area (Å²) >= 11 is 0. The van der Waals surface area contributed by atoms with Gasteiger partial charge in [-0.15, -0.1) is 0 Å². The number of nitrogens with one attached hydrogen (secondary N) is 1. The zero-order valence-corrected chi connectivity index (χ0v) is 23.9. The number of dihydropyridines is 1. The van der Waals surface area contributed by atoms with Gasteiger partial charge in [0.1, 0.15) is 0 Å². The second-order valence-corrected chi connectivity index (χ2v) is 9.67. The Balaban J connectivity index is 1.58. The van der Waals surface area contributed by atoms with Crippen LogP contribution < -0.4 is 14.8 Å². The minimum atomic E-state index is -0.723. The number of non-ortho nitro benzene ring substituents is 1. The molecule has 12 nitrogen and oxygen atoms in total. The summed E-state index contributed by atoms with van der Waals surface area (Å²) < 4.78 is 21.5. The maximum atomic E-state index is 12.9. The second kappa shape index (κ2) is 12.6. The van der Waals surface area contributed by atoms with Crippen LogP contribution in [0, 0.1) is 10.1 Å². The Labute approximate surface area is 237 Å². The lowest BCUT2D eigenvalue weighted by Crippen LogP contribution is -2.28. The maximum Gasteiger partial charge on any atom is 0.336 e. The number of likely N-dealkylation sites (N-methyl/N-ethyl adjacent to an activating group) is 1. The van der Waals surface area contributed by atoms with E-state index in [1.165, 1.54) is 19.2 Å². The molecule has 0 fully saturated rings. The van der Waals surface area contributed by atoms with Gasteiger partial charge in [0.05, 0.1) is 44.3 Å². The van der Waals surface area contributed by atoms with E-state index in [1.807, 2.05) is 32.2 Å². The highest BCUT2D eigenvalue weighted by Crippen LogP contribution is 2.43. The van der Waals surface area contributed by atoms with Crippen molar-refractivity contribution in [3.05, 3.63) is 92.4 Å². The van der Waals surface area contributed by atoms with Crippen molar-refractivity contribution in [1.82, 2.24) is 20.4 Å². The normalized spacial score (nSPS) is 15.1. The third-order valence-electron chi connectivity index (χ3n) is 6.92. The highest BCUT2D eigenvalue weighted by molar-refractivity contribution is 5.96. The summed E-state index contributed by atoms with van der Waals surface area (Å²) in [6.07, 6.45) is 0.761. The molecule has 0 amide bonds. The predicted octanol–water partition coefficient (Wildman–Crippen LogP) is 4.23. The highest BCUT2D eigenvalue weighted by atomic mass is 16.6. The Hall–Kier alpha value is -4.71. The van der Waals surface area contributed by atoms with Crippen LogP contribution in [0.3, 0.4) is 0 Å². The number of ether oxygens (including phenoxy) is 3. The molecular weight excluding hydrogens is 530 g/mol. The molecule has 1 unspecified atom stereocenters. The molecule has 1 aromatic heterocycles. The molecular formula is C29H33N5O7. The van der Waals surface area contributed by atoms with Crippen LogP contribution in [0.2, 0.25) is 0 Å². The quantitative estimate of drug-likeness (QED) is 0.203. The number of hydrogen-bond acceptors (Lipinski definition) is 11. The molecule has 1 aliphatic rings. The smallest absolute Gasteiger partial charge is 0.336 e. The largest absolute Gasteiger partial charge is 0.493 e. The molecule has 0 spiro atoms. The van der Waals surface area contributed by atoms with Crippen LogP contribution in [0.25, 0.3) is 5.57 Å². The fourth-order valence-electron chi connectivity index (χ4n) is 4.91. The molecule has 0 saturated carbocycles. The van der Waals surface area contributed by atoms with E-state index in [0.717, 1.165) is 12.0 Å². The van der Waals surface area contributed by atoms with E-state index in [9.17, 15) is 14.9 Å². The molecule has 1 aliphatic heterocycles. The van der Waals surface area contributed by atoms with Crippen LogP contribution in [-0.2, 0) is 22.5 Å². The average molecular weight is 564 g/mol. The average Bonchev–Trinajstić information content (AvgIpc) is 3.42. The summed E-state index contributed by atoms with van der Waals surface area (Å²) in [5.74, 6) is 0.733. The fraction of sp³-hybridized carbons (Fsp3) is 0.345. The lowest BCUT2D eigenvalue weighted by Gasteiger charge is -2.29. The SMILES string of the molecule is COC(=O)C1=C(C)NC(C)=C(c2nc(CN(C)CCc3ccc(OC)c(OC)c3)no2)C1c1cccc([N+](=O)[O-])c1. The Morgan fingerprint density at radius 2 is 1.85 bits per heavy atom. The number of aromatic nitrogens is 2. The van der Waals surface area contributed by atoms with Crippen LogP contribution in [-0.4, -0.2) is 60.9 Å². The van der Waals surface area contributed by atoms with Gasteiger partial charge in [0.2, 0.25) is 0 Å². The molecule has 0 radical (unpaired) electrons. The zero-order chi connectivity index (χ0) is 29.7. The molecule has 12 heteroatoms. The summed E-state index contributed by atoms with van der Waals surface area (Å²) in [7, 11) is 6.46. The van der Waals surface area contributed by atoms with Crippen LogP contribution in [0.4, 0.5) is 5.69 Å². The molecule has 41 heavy (non-hydrogen) atoms. The monoisotopic (exact) mass is 563 g/mol. The van der Waals surface area contributed by atoms with Crippen LogP contribution in [0.15, 0.2) is 64.0 Å². The molecule has 2 aromatic carbocycles. The fourth-order valence-corrected chi connectivity index (χ4v) is 4.91. The first-order valence-corrected chi connectivity index (χ1v) is 12.9. The Morgan fingerprint density at radius 3 is 2.54 bits per heavy atom. The Kier molecular flexibility index (Phi) is 9.03. The van der Waals surface area contributed by atoms with Gasteiger partial charge in [-0.05, 0) is 50.6 Å². The van der Waals surface area contributed by atoms with E-state index < -0.39 is 16.8 Å². The van der Waals surface area contributed by atoms with Gasteiger partial charge in [0.15, 0.2) is 17.3 Å². The van der Waals surface area contributed by atoms with Gasteiger partial charge in [-0.3, -0.25) is 15.0 Å². The van der Waals surface area contributed by atoms with Crippen molar-refractivity contribution in [2.45, 2.75) is 32.7 Å². The van der Waals surface area contributed by atoms with Gasteiger partial charge in [-0.1, -0.05) is 23.4 Å². The molecule has 0 aliphatic carbocycles. The maximum absolute atomic E-state index is 12.9. The van der Waals surface area contributed by atoms with Crippen LogP contribution >= 0.6 is 0 Å². The molecule has 0 saturated heterocycles. The Bertz CT molecular complexity index is 1510. The van der Waals surface area contributed by atoms with E-state index in [2.05, 4.69) is 20.4 Å². The van der Waals surface area contributed by atoms with Crippen molar-refractivity contribution in [2.24, 2.45) is 0 Å². The van der Waals surface area contributed by atoms with Gasteiger partial charge in [0, 0.05) is 35.6 Å². The third kappa shape index (κ3) is 6.38. The van der Waals surface area contributed by atoms with Gasteiger partial charge >= 0.3 is 5.97 Å². The predicted molar refractivity (Wildman–Crippen MR) is 150 cm³/mol. The molecule has 3 aromatic rings. The number of nitrogens with zero attached hydrogens (tertiary/aromatic N) is 4. The Morgan fingerprint density at radius 1 is 1.10 bits per heavy atom. The molecule has 4 rings (SSSR count). The molecule has 216 valence electrons. The van der Waals surface area contributed by atoms with Gasteiger partial charge in [-0.25, -0.2) is 4.79 Å². The number of hydrogen-bond donors (Lipinski definition) is 1. The number of benzene rings is 2. The molecule has 2 heterocycles. The molecule has 1 N–H and O–H groups in total. The number of methoxy groups -OCH3 is 3. The van der Waals surface area contributed by atoms with Crippen LogP contribution in [0.5, 0.6) is 11.5 Å². The third-order valence-corrected chi connectivity index (χ3v) is 6.92. The van der Waals surface area contributed by atoms with E-state index in [-0.39, 0.29) is 11.6 Å². The van der Waals surface area contributed by atoms with Crippen molar-refractivity contribution in [3.63, 3.8) is 0 Å². The van der Waals surface area contributed by atoms with Crippen molar-refractivity contribution in [2.75, 3.05) is 34.9 Å². The summed E-state index contributed by atoms with van der Waals surface area (Å²) in [5, 5.41) is 18.9. The minimum Gasteiger partial charge on any atom is -0.493 e. The van der Waals surface area contributed by atoms with E-state index >= 15 is 0 Å². The first-order chi connectivity index (χ1) is 19.7. The summed E-state index contributed by atoms with van der Waals surface area (Å²) in [6, 6.07) is 12.0. The minimum absolute atomic E-state index is 0.0952. The van der Waals surface area contributed by atoms with Gasteiger partial charge in [-0.2, -0.15) is 4.98 Å². The number of rotatable bonds is 11. The van der Waals surface area contributed by atoms with Gasteiger partial charge in [0.25, 0.3) is 11.6 Å². The van der Waals surface area contributed by atoms with Crippen LogP contribution in [0.1, 0.15) is 42.6 Å². The summed E-state index contributed by atoms with van der Waals surface area (Å²) in [5.41, 5.74) is 3.63. The number of esters is 1. The summed E-state index contributed by atoms with van der Waals surface area (Å²) in [4.78, 5) is 30.7. The van der Waals surface area contributed by atoms with Crippen molar-refractivity contribution < 1.29 is 28.5 Å². The topological polar surface area (TPSA) is 142 Å². The zero-order valence-electron chi connectivity index (χ0n) is 23.9. The first-order valence-electron chi connectivity index (χ1n) is 12.9. The standard InChI is InChI=1S/C29H33N5O7/c1-17-25(27(26(18(2)30-17)29(35)40-6)20-8-7-9-21(15-20)34(36)37)28-31-24(32-41-28)16-33(3)13-12-19-10-11-22(38-4)23(14-19)39-5/h7-11,14-15,27,30H,12-13,16H2,1-6H3. The van der Waals surface area contributed by atoms with Crippen molar-refractivity contribution in [1.29, 1.82) is 0 Å². The number of nitro groups is 1. The number of carbonyl (C=O) groups excluding carboxylic acids is 1. The number of carbonyl (C=O) groups is 1. The summed E-state index contributed by atoms with van der Waals surface area (Å²) in [6.45, 7) is 4.71. The number of allylic oxidation sites excluding steroid dienone is 3. The van der Waals surface area contributed by atoms with Crippen molar-refractivity contribution in [3.8, 4) is 11.5 Å². The second-order valence-electron chi connectivity index (χ2n) is 9.67.